The van der Waals surface area contributed by atoms with Gasteiger partial charge in [0.05, 0.1) is 6.61 Å². The molecule has 0 bridgehead atoms. The molecule has 2 rings (SSSR count). The summed E-state index contributed by atoms with van der Waals surface area (Å²) in [5, 5.41) is 3.62. The topological polar surface area (TPSA) is 24.5 Å². The van der Waals surface area contributed by atoms with Crippen molar-refractivity contribution in [2.75, 3.05) is 39.4 Å². The summed E-state index contributed by atoms with van der Waals surface area (Å²) in [5.41, 5.74) is 0.365. The normalized spacial score (nSPS) is 36.8. The highest BCUT2D eigenvalue weighted by Crippen LogP contribution is 2.32. The fourth-order valence-corrected chi connectivity index (χ4v) is 3.62. The van der Waals surface area contributed by atoms with Crippen molar-refractivity contribution in [2.24, 2.45) is 11.3 Å². The molecule has 0 spiro atoms. The van der Waals surface area contributed by atoms with Gasteiger partial charge in [-0.15, -0.1) is 0 Å². The SMILES string of the molecule is CCCNCC1(CN2CCC(C)CC2C)CCOC1. The molecule has 3 nitrogen and oxygen atoms in total. The van der Waals surface area contributed by atoms with E-state index in [4.69, 9.17) is 4.74 Å². The van der Waals surface area contributed by atoms with Crippen molar-refractivity contribution in [3.8, 4) is 0 Å². The van der Waals surface area contributed by atoms with E-state index in [9.17, 15) is 0 Å². The van der Waals surface area contributed by atoms with E-state index in [1.807, 2.05) is 0 Å². The largest absolute Gasteiger partial charge is 0.381 e. The highest BCUT2D eigenvalue weighted by Gasteiger charge is 2.38. The van der Waals surface area contributed by atoms with E-state index in [1.54, 1.807) is 0 Å². The summed E-state index contributed by atoms with van der Waals surface area (Å²) in [4.78, 5) is 2.71. The summed E-state index contributed by atoms with van der Waals surface area (Å²) in [5.74, 6) is 0.903. The maximum atomic E-state index is 5.72. The molecule has 2 heterocycles. The van der Waals surface area contributed by atoms with Crippen LogP contribution in [0, 0.1) is 11.3 Å². The van der Waals surface area contributed by atoms with E-state index >= 15 is 0 Å². The molecule has 0 aliphatic carbocycles. The minimum absolute atomic E-state index is 0.365. The van der Waals surface area contributed by atoms with Gasteiger partial charge in [0, 0.05) is 31.2 Å². The average Bonchev–Trinajstić information content (AvgIpc) is 2.82. The molecule has 3 atom stereocenters. The zero-order valence-electron chi connectivity index (χ0n) is 13.1. The molecular weight excluding hydrogens is 236 g/mol. The second kappa shape index (κ2) is 7.05. The summed E-state index contributed by atoms with van der Waals surface area (Å²) in [7, 11) is 0. The van der Waals surface area contributed by atoms with Crippen LogP contribution in [0.25, 0.3) is 0 Å². The van der Waals surface area contributed by atoms with E-state index in [1.165, 1.54) is 38.8 Å². The van der Waals surface area contributed by atoms with Crippen LogP contribution in [0.2, 0.25) is 0 Å². The van der Waals surface area contributed by atoms with Gasteiger partial charge in [-0.25, -0.2) is 0 Å². The summed E-state index contributed by atoms with van der Waals surface area (Å²) < 4.78 is 5.72. The van der Waals surface area contributed by atoms with Crippen LogP contribution in [0.4, 0.5) is 0 Å². The number of ether oxygens (including phenoxy) is 1. The zero-order chi connectivity index (χ0) is 13.7. The third-order valence-electron chi connectivity index (χ3n) is 4.93. The van der Waals surface area contributed by atoms with Crippen LogP contribution in [-0.4, -0.2) is 50.3 Å². The Bertz CT molecular complexity index is 263. The minimum Gasteiger partial charge on any atom is -0.381 e. The molecule has 1 N–H and O–H groups in total. The Kier molecular flexibility index (Phi) is 5.67. The van der Waals surface area contributed by atoms with Crippen LogP contribution in [0.1, 0.15) is 46.5 Å². The molecular formula is C16H32N2O. The molecule has 2 fully saturated rings. The molecule has 2 aliphatic rings. The van der Waals surface area contributed by atoms with Gasteiger partial charge in [0.25, 0.3) is 0 Å². The summed E-state index contributed by atoms with van der Waals surface area (Å²) in [6.07, 6.45) is 5.17. The number of hydrogen-bond donors (Lipinski definition) is 1. The third kappa shape index (κ3) is 4.17. The maximum Gasteiger partial charge on any atom is 0.0547 e. The van der Waals surface area contributed by atoms with Crippen LogP contribution in [0.3, 0.4) is 0 Å². The average molecular weight is 268 g/mol. The zero-order valence-corrected chi connectivity index (χ0v) is 13.1. The van der Waals surface area contributed by atoms with Gasteiger partial charge in [-0.2, -0.15) is 0 Å². The molecule has 19 heavy (non-hydrogen) atoms. The molecule has 0 saturated carbocycles. The van der Waals surface area contributed by atoms with Crippen molar-refractivity contribution in [3.63, 3.8) is 0 Å². The Hall–Kier alpha value is -0.120. The van der Waals surface area contributed by atoms with Crippen molar-refractivity contribution in [3.05, 3.63) is 0 Å². The molecule has 0 aromatic rings. The van der Waals surface area contributed by atoms with E-state index < -0.39 is 0 Å². The number of piperidine rings is 1. The van der Waals surface area contributed by atoms with Crippen molar-refractivity contribution < 1.29 is 4.74 Å². The number of nitrogens with one attached hydrogen (secondary N) is 1. The molecule has 0 aromatic carbocycles. The van der Waals surface area contributed by atoms with Crippen molar-refractivity contribution in [1.82, 2.24) is 10.2 Å². The molecule has 112 valence electrons. The molecule has 3 heteroatoms. The predicted molar refractivity (Wildman–Crippen MR) is 80.5 cm³/mol. The van der Waals surface area contributed by atoms with E-state index in [-0.39, 0.29) is 0 Å². The molecule has 3 unspecified atom stereocenters. The van der Waals surface area contributed by atoms with Gasteiger partial charge in [0.1, 0.15) is 0 Å². The van der Waals surface area contributed by atoms with Gasteiger partial charge in [-0.05, 0) is 51.6 Å². The Balaban J connectivity index is 1.88. The Morgan fingerprint density at radius 1 is 1.37 bits per heavy atom. The van der Waals surface area contributed by atoms with E-state index in [0.29, 0.717) is 5.41 Å². The standard InChI is InChI=1S/C16H32N2O/c1-4-7-17-11-16(6-9-19-13-16)12-18-8-5-14(2)10-15(18)3/h14-15,17H,4-13H2,1-3H3. The summed E-state index contributed by atoms with van der Waals surface area (Å²) in [6.45, 7) is 13.7. The van der Waals surface area contributed by atoms with Crippen molar-refractivity contribution in [2.45, 2.75) is 52.5 Å². The Morgan fingerprint density at radius 3 is 2.84 bits per heavy atom. The first-order valence-corrected chi connectivity index (χ1v) is 8.18. The first-order valence-electron chi connectivity index (χ1n) is 8.18. The first-order chi connectivity index (χ1) is 9.15. The second-order valence-corrected chi connectivity index (χ2v) is 6.93. The summed E-state index contributed by atoms with van der Waals surface area (Å²) in [6, 6.07) is 0.743. The highest BCUT2D eigenvalue weighted by atomic mass is 16.5. The van der Waals surface area contributed by atoms with E-state index in [0.717, 1.165) is 38.3 Å². The van der Waals surface area contributed by atoms with Gasteiger partial charge in [-0.1, -0.05) is 13.8 Å². The lowest BCUT2D eigenvalue weighted by Crippen LogP contribution is -2.50. The van der Waals surface area contributed by atoms with Crippen LogP contribution in [0.15, 0.2) is 0 Å². The van der Waals surface area contributed by atoms with E-state index in [2.05, 4.69) is 31.0 Å². The third-order valence-corrected chi connectivity index (χ3v) is 4.93. The Labute approximate surface area is 119 Å². The number of nitrogens with zero attached hydrogens (tertiary/aromatic N) is 1. The maximum absolute atomic E-state index is 5.72. The lowest BCUT2D eigenvalue weighted by Gasteiger charge is -2.42. The van der Waals surface area contributed by atoms with Crippen LogP contribution in [-0.2, 0) is 4.74 Å². The second-order valence-electron chi connectivity index (χ2n) is 6.93. The van der Waals surface area contributed by atoms with Gasteiger partial charge in [0.2, 0.25) is 0 Å². The van der Waals surface area contributed by atoms with Gasteiger partial charge < -0.3 is 10.1 Å². The molecule has 0 radical (unpaired) electrons. The van der Waals surface area contributed by atoms with Crippen molar-refractivity contribution in [1.29, 1.82) is 0 Å². The fraction of sp³-hybridized carbons (Fsp3) is 1.00. The van der Waals surface area contributed by atoms with Gasteiger partial charge in [-0.3, -0.25) is 4.90 Å². The highest BCUT2D eigenvalue weighted by molar-refractivity contribution is 4.91. The number of rotatable bonds is 6. The van der Waals surface area contributed by atoms with Crippen molar-refractivity contribution >= 4 is 0 Å². The first kappa shape index (κ1) is 15.3. The Morgan fingerprint density at radius 2 is 2.21 bits per heavy atom. The molecule has 2 aliphatic heterocycles. The van der Waals surface area contributed by atoms with Crippen LogP contribution in [0.5, 0.6) is 0 Å². The van der Waals surface area contributed by atoms with Crippen LogP contribution < -0.4 is 5.32 Å². The molecule has 0 aromatic heterocycles. The van der Waals surface area contributed by atoms with Gasteiger partial charge in [0.15, 0.2) is 0 Å². The molecule has 2 saturated heterocycles. The fourth-order valence-electron chi connectivity index (χ4n) is 3.62. The lowest BCUT2D eigenvalue weighted by atomic mass is 9.84. The number of likely N-dealkylation sites (tertiary alicyclic amines) is 1. The smallest absolute Gasteiger partial charge is 0.0547 e. The van der Waals surface area contributed by atoms with Gasteiger partial charge >= 0.3 is 0 Å². The monoisotopic (exact) mass is 268 g/mol. The lowest BCUT2D eigenvalue weighted by molar-refractivity contribution is 0.0588. The molecule has 0 amide bonds. The minimum atomic E-state index is 0.365. The van der Waals surface area contributed by atoms with Crippen LogP contribution >= 0.6 is 0 Å². The quantitative estimate of drug-likeness (QED) is 0.749. The number of hydrogen-bond acceptors (Lipinski definition) is 3. The summed E-state index contributed by atoms with van der Waals surface area (Å²) >= 11 is 0. The predicted octanol–water partition coefficient (Wildman–Crippen LogP) is 2.51.